The maximum atomic E-state index is 9.00. The summed E-state index contributed by atoms with van der Waals surface area (Å²) in [5.41, 5.74) is 3.07. The van der Waals surface area contributed by atoms with E-state index in [1.165, 1.54) is 5.56 Å². The minimum absolute atomic E-state index is 0.521. The fourth-order valence-corrected chi connectivity index (χ4v) is 2.18. The van der Waals surface area contributed by atoms with E-state index >= 15 is 0 Å². The van der Waals surface area contributed by atoms with Gasteiger partial charge in [-0.15, -0.1) is 0 Å². The molecule has 0 bridgehead atoms. The van der Waals surface area contributed by atoms with Crippen LogP contribution in [0.4, 0.5) is 0 Å². The van der Waals surface area contributed by atoms with Gasteiger partial charge in [0.05, 0.1) is 5.71 Å². The number of methoxy groups -OCH3 is 1. The molecule has 2 aromatic carbocycles. The summed E-state index contributed by atoms with van der Waals surface area (Å²) in [6, 6.07) is 18.3. The fourth-order valence-electron chi connectivity index (χ4n) is 2.18. The Labute approximate surface area is 119 Å². The van der Waals surface area contributed by atoms with Crippen LogP contribution < -0.4 is 0 Å². The van der Waals surface area contributed by atoms with Crippen molar-refractivity contribution in [3.05, 3.63) is 60.2 Å². The molecule has 0 aliphatic carbocycles. The van der Waals surface area contributed by atoms with E-state index in [0.717, 1.165) is 11.1 Å². The minimum Gasteiger partial charge on any atom is -0.411 e. The smallest absolute Gasteiger partial charge is 0.131 e. The summed E-state index contributed by atoms with van der Waals surface area (Å²) in [6.45, 7) is 3.63. The van der Waals surface area contributed by atoms with Gasteiger partial charge in [-0.05, 0) is 30.5 Å². The molecule has 0 aromatic heterocycles. The van der Waals surface area contributed by atoms with E-state index in [9.17, 15) is 0 Å². The van der Waals surface area contributed by atoms with Crippen LogP contribution >= 0.6 is 0 Å². The Morgan fingerprint density at radius 2 is 1.55 bits per heavy atom. The Bertz CT molecular complexity index is 590. The van der Waals surface area contributed by atoms with Crippen molar-refractivity contribution in [3.8, 4) is 11.1 Å². The maximum Gasteiger partial charge on any atom is 0.131 e. The zero-order chi connectivity index (χ0) is 14.6. The van der Waals surface area contributed by atoms with E-state index < -0.39 is 5.60 Å². The molecule has 1 N–H and O–H groups in total. The molecule has 0 amide bonds. The molecule has 0 heterocycles. The van der Waals surface area contributed by atoms with Crippen LogP contribution in [-0.2, 0) is 10.3 Å². The van der Waals surface area contributed by atoms with Gasteiger partial charge >= 0.3 is 0 Å². The molecule has 0 fully saturated rings. The standard InChI is InChI=1S/C17H19NO2/c1-13(18-19)17(2,20-3)16-11-9-15(10-12-16)14-7-5-4-6-8-14/h4-12,19H,1-3H3/b18-13-/t17-/m1/s1. The van der Waals surface area contributed by atoms with Crippen molar-refractivity contribution >= 4 is 5.71 Å². The van der Waals surface area contributed by atoms with Crippen molar-refractivity contribution in [1.82, 2.24) is 0 Å². The third-order valence-electron chi connectivity index (χ3n) is 3.79. The number of benzene rings is 2. The molecule has 0 radical (unpaired) electrons. The number of rotatable bonds is 4. The van der Waals surface area contributed by atoms with Gasteiger partial charge in [-0.2, -0.15) is 0 Å². The van der Waals surface area contributed by atoms with Gasteiger partial charge in [-0.1, -0.05) is 59.8 Å². The predicted octanol–water partition coefficient (Wildman–Crippen LogP) is 4.07. The molecule has 3 heteroatoms. The zero-order valence-electron chi connectivity index (χ0n) is 12.0. The Morgan fingerprint density at radius 3 is 2.05 bits per heavy atom. The van der Waals surface area contributed by atoms with E-state index in [1.807, 2.05) is 49.4 Å². The Morgan fingerprint density at radius 1 is 1.00 bits per heavy atom. The van der Waals surface area contributed by atoms with Gasteiger partial charge in [0, 0.05) is 7.11 Å². The quantitative estimate of drug-likeness (QED) is 0.516. The van der Waals surface area contributed by atoms with Gasteiger partial charge in [0.2, 0.25) is 0 Å². The SMILES string of the molecule is CO[C@](C)(/C(C)=N\O)c1ccc(-c2ccccc2)cc1. The average molecular weight is 269 g/mol. The molecular weight excluding hydrogens is 250 g/mol. The first kappa shape index (κ1) is 14.3. The maximum absolute atomic E-state index is 9.00. The molecule has 0 saturated heterocycles. The highest BCUT2D eigenvalue weighted by Gasteiger charge is 2.30. The highest BCUT2D eigenvalue weighted by molar-refractivity contribution is 5.90. The summed E-state index contributed by atoms with van der Waals surface area (Å²) in [4.78, 5) is 0. The van der Waals surface area contributed by atoms with Crippen molar-refractivity contribution in [1.29, 1.82) is 0 Å². The van der Waals surface area contributed by atoms with E-state index in [1.54, 1.807) is 14.0 Å². The third kappa shape index (κ3) is 2.58. The van der Waals surface area contributed by atoms with Gasteiger partial charge in [0.1, 0.15) is 5.60 Å². The molecule has 1 atom stereocenters. The van der Waals surface area contributed by atoms with Gasteiger partial charge in [0.25, 0.3) is 0 Å². The molecule has 0 aliphatic heterocycles. The summed E-state index contributed by atoms with van der Waals surface area (Å²) >= 11 is 0. The number of oxime groups is 1. The topological polar surface area (TPSA) is 41.8 Å². The zero-order valence-corrected chi connectivity index (χ0v) is 12.0. The molecule has 0 spiro atoms. The molecule has 3 nitrogen and oxygen atoms in total. The third-order valence-corrected chi connectivity index (χ3v) is 3.79. The second kappa shape index (κ2) is 5.88. The van der Waals surface area contributed by atoms with Gasteiger partial charge in [0.15, 0.2) is 0 Å². The van der Waals surface area contributed by atoms with Crippen LogP contribution in [-0.4, -0.2) is 18.0 Å². The fraction of sp³-hybridized carbons (Fsp3) is 0.235. The molecule has 0 unspecified atom stereocenters. The first-order chi connectivity index (χ1) is 9.61. The second-order valence-corrected chi connectivity index (χ2v) is 4.87. The highest BCUT2D eigenvalue weighted by Crippen LogP contribution is 2.29. The van der Waals surface area contributed by atoms with Crippen LogP contribution in [0.25, 0.3) is 11.1 Å². The van der Waals surface area contributed by atoms with Gasteiger partial charge in [-0.3, -0.25) is 0 Å². The molecule has 2 rings (SSSR count). The van der Waals surface area contributed by atoms with Crippen LogP contribution in [0.1, 0.15) is 19.4 Å². The number of ether oxygens (including phenoxy) is 1. The molecule has 0 aliphatic rings. The van der Waals surface area contributed by atoms with Crippen LogP contribution in [0.15, 0.2) is 59.8 Å². The van der Waals surface area contributed by atoms with E-state index in [-0.39, 0.29) is 0 Å². The largest absolute Gasteiger partial charge is 0.411 e. The summed E-state index contributed by atoms with van der Waals surface area (Å²) in [7, 11) is 1.61. The van der Waals surface area contributed by atoms with Crippen LogP contribution in [0.2, 0.25) is 0 Å². The second-order valence-electron chi connectivity index (χ2n) is 4.87. The van der Waals surface area contributed by atoms with Crippen molar-refractivity contribution < 1.29 is 9.94 Å². The lowest BCUT2D eigenvalue weighted by molar-refractivity contribution is 0.0606. The van der Waals surface area contributed by atoms with E-state index in [4.69, 9.17) is 9.94 Å². The van der Waals surface area contributed by atoms with Gasteiger partial charge < -0.3 is 9.94 Å². The average Bonchev–Trinajstić information content (AvgIpc) is 2.54. The Balaban J connectivity index is 2.37. The molecule has 20 heavy (non-hydrogen) atoms. The molecule has 2 aromatic rings. The lowest BCUT2D eigenvalue weighted by Gasteiger charge is -2.27. The molecular formula is C17H19NO2. The summed E-state index contributed by atoms with van der Waals surface area (Å²) in [5.74, 6) is 0. The lowest BCUT2D eigenvalue weighted by atomic mass is 9.90. The van der Waals surface area contributed by atoms with Crippen molar-refractivity contribution in [3.63, 3.8) is 0 Å². The monoisotopic (exact) mass is 269 g/mol. The highest BCUT2D eigenvalue weighted by atomic mass is 16.5. The molecule has 0 saturated carbocycles. The number of nitrogens with zero attached hydrogens (tertiary/aromatic N) is 1. The number of hydrogen-bond donors (Lipinski definition) is 1. The minimum atomic E-state index is -0.718. The summed E-state index contributed by atoms with van der Waals surface area (Å²) < 4.78 is 5.53. The molecule has 104 valence electrons. The lowest BCUT2D eigenvalue weighted by Crippen LogP contribution is -2.32. The predicted molar refractivity (Wildman–Crippen MR) is 81.1 cm³/mol. The van der Waals surface area contributed by atoms with Crippen molar-refractivity contribution in [2.45, 2.75) is 19.4 Å². The summed E-state index contributed by atoms with van der Waals surface area (Å²) in [6.07, 6.45) is 0. The van der Waals surface area contributed by atoms with Crippen molar-refractivity contribution in [2.75, 3.05) is 7.11 Å². The van der Waals surface area contributed by atoms with E-state index in [2.05, 4.69) is 17.3 Å². The van der Waals surface area contributed by atoms with Crippen molar-refractivity contribution in [2.24, 2.45) is 5.16 Å². The van der Waals surface area contributed by atoms with Crippen LogP contribution in [0.3, 0.4) is 0 Å². The first-order valence-electron chi connectivity index (χ1n) is 6.52. The van der Waals surface area contributed by atoms with Crippen LogP contribution in [0, 0.1) is 0 Å². The number of hydrogen-bond acceptors (Lipinski definition) is 3. The Kier molecular flexibility index (Phi) is 4.20. The normalized spacial score (nSPS) is 14.8. The summed E-state index contributed by atoms with van der Waals surface area (Å²) in [5, 5.41) is 12.3. The van der Waals surface area contributed by atoms with Gasteiger partial charge in [-0.25, -0.2) is 0 Å². The first-order valence-corrected chi connectivity index (χ1v) is 6.52. The van der Waals surface area contributed by atoms with E-state index in [0.29, 0.717) is 5.71 Å². The Hall–Kier alpha value is -2.13. The van der Waals surface area contributed by atoms with Crippen LogP contribution in [0.5, 0.6) is 0 Å².